The molecule has 180 valence electrons. The largest absolute Gasteiger partial charge is 0.493 e. The van der Waals surface area contributed by atoms with E-state index in [9.17, 15) is 9.18 Å². The van der Waals surface area contributed by atoms with E-state index in [0.717, 1.165) is 16.2 Å². The van der Waals surface area contributed by atoms with E-state index in [1.807, 2.05) is 36.4 Å². The highest BCUT2D eigenvalue weighted by molar-refractivity contribution is 6.01. The maximum absolute atomic E-state index is 13.4. The van der Waals surface area contributed by atoms with Gasteiger partial charge in [-0.2, -0.15) is 0 Å². The van der Waals surface area contributed by atoms with Gasteiger partial charge in [-0.1, -0.05) is 18.2 Å². The standard InChI is InChI=1S/C28H22FN3O4/c1-34-26-15-23-24(16-27(26)35-2)30-11-10-25(23)36-22-9-7-17-6-8-21(12-18(17)13-22)32-28(33)31-20-5-3-4-19(29)14-20/h3-16H,1-2H3,(H2,31,32,33). The van der Waals surface area contributed by atoms with Crippen molar-refractivity contribution < 1.29 is 23.4 Å². The van der Waals surface area contributed by atoms with Gasteiger partial charge in [-0.3, -0.25) is 4.98 Å². The van der Waals surface area contributed by atoms with Crippen LogP contribution in [0.3, 0.4) is 0 Å². The third-order valence-corrected chi connectivity index (χ3v) is 5.59. The smallest absolute Gasteiger partial charge is 0.323 e. The molecule has 0 saturated heterocycles. The van der Waals surface area contributed by atoms with E-state index in [1.165, 1.54) is 18.2 Å². The molecule has 0 bridgehead atoms. The highest BCUT2D eigenvalue weighted by Crippen LogP contribution is 2.37. The van der Waals surface area contributed by atoms with Gasteiger partial charge in [0.1, 0.15) is 17.3 Å². The lowest BCUT2D eigenvalue weighted by Gasteiger charge is -2.13. The molecule has 0 fully saturated rings. The van der Waals surface area contributed by atoms with Crippen LogP contribution in [0.5, 0.6) is 23.0 Å². The van der Waals surface area contributed by atoms with Crippen LogP contribution >= 0.6 is 0 Å². The molecule has 1 heterocycles. The van der Waals surface area contributed by atoms with E-state index in [1.54, 1.807) is 44.7 Å². The Hall–Kier alpha value is -4.85. The molecule has 0 radical (unpaired) electrons. The molecular formula is C28H22FN3O4. The lowest BCUT2D eigenvalue weighted by atomic mass is 10.1. The maximum Gasteiger partial charge on any atom is 0.323 e. The number of rotatable bonds is 6. The molecule has 4 aromatic carbocycles. The number of methoxy groups -OCH3 is 2. The molecule has 0 atom stereocenters. The molecule has 0 unspecified atom stereocenters. The number of fused-ring (bicyclic) bond motifs is 2. The predicted octanol–water partition coefficient (Wildman–Crippen LogP) is 6.98. The Kier molecular flexibility index (Phi) is 6.23. The first-order valence-corrected chi connectivity index (χ1v) is 11.1. The summed E-state index contributed by atoms with van der Waals surface area (Å²) in [5.74, 6) is 1.97. The van der Waals surface area contributed by atoms with Gasteiger partial charge in [0.25, 0.3) is 0 Å². The number of ether oxygens (including phenoxy) is 3. The Morgan fingerprint density at radius 2 is 1.53 bits per heavy atom. The van der Waals surface area contributed by atoms with Crippen LogP contribution in [0.1, 0.15) is 0 Å². The number of hydrogen-bond acceptors (Lipinski definition) is 5. The minimum Gasteiger partial charge on any atom is -0.493 e. The number of hydrogen-bond donors (Lipinski definition) is 2. The van der Waals surface area contributed by atoms with Gasteiger partial charge in [-0.05, 0) is 65.4 Å². The fourth-order valence-electron chi connectivity index (χ4n) is 3.89. The molecule has 8 heteroatoms. The molecule has 0 aliphatic carbocycles. The van der Waals surface area contributed by atoms with Crippen LogP contribution < -0.4 is 24.8 Å². The molecular weight excluding hydrogens is 461 g/mol. The SMILES string of the molecule is COc1cc2nccc(Oc3ccc4ccc(NC(=O)Nc5cccc(F)c5)cc4c3)c2cc1OC. The Labute approximate surface area is 206 Å². The lowest BCUT2D eigenvalue weighted by Crippen LogP contribution is -2.19. The molecule has 2 amide bonds. The average molecular weight is 483 g/mol. The second-order valence-electron chi connectivity index (χ2n) is 7.95. The topological polar surface area (TPSA) is 81.7 Å². The zero-order valence-corrected chi connectivity index (χ0v) is 19.5. The zero-order chi connectivity index (χ0) is 25.1. The predicted molar refractivity (Wildman–Crippen MR) is 138 cm³/mol. The Morgan fingerprint density at radius 3 is 2.31 bits per heavy atom. The van der Waals surface area contributed by atoms with Crippen molar-refractivity contribution in [1.29, 1.82) is 0 Å². The van der Waals surface area contributed by atoms with E-state index in [0.29, 0.717) is 39.9 Å². The first-order chi connectivity index (χ1) is 17.5. The number of carbonyl (C=O) groups is 1. The summed E-state index contributed by atoms with van der Waals surface area (Å²) in [6.07, 6.45) is 1.67. The van der Waals surface area contributed by atoms with Crippen molar-refractivity contribution in [2.45, 2.75) is 0 Å². The van der Waals surface area contributed by atoms with Crippen molar-refractivity contribution in [3.8, 4) is 23.0 Å². The van der Waals surface area contributed by atoms with Gasteiger partial charge < -0.3 is 24.8 Å². The summed E-state index contributed by atoms with van der Waals surface area (Å²) in [7, 11) is 3.15. The Bertz CT molecular complexity index is 1590. The lowest BCUT2D eigenvalue weighted by molar-refractivity contribution is 0.262. The average Bonchev–Trinajstić information content (AvgIpc) is 2.88. The number of nitrogens with zero attached hydrogens (tertiary/aromatic N) is 1. The fourth-order valence-corrected chi connectivity index (χ4v) is 3.89. The number of nitrogens with one attached hydrogen (secondary N) is 2. The minimum absolute atomic E-state index is 0.364. The quantitative estimate of drug-likeness (QED) is 0.272. The molecule has 36 heavy (non-hydrogen) atoms. The van der Waals surface area contributed by atoms with Crippen LogP contribution in [0, 0.1) is 5.82 Å². The van der Waals surface area contributed by atoms with E-state index >= 15 is 0 Å². The van der Waals surface area contributed by atoms with Crippen LogP contribution in [-0.2, 0) is 0 Å². The highest BCUT2D eigenvalue weighted by atomic mass is 19.1. The van der Waals surface area contributed by atoms with Crippen LogP contribution in [0.4, 0.5) is 20.6 Å². The molecule has 0 saturated carbocycles. The molecule has 5 rings (SSSR count). The summed E-state index contributed by atoms with van der Waals surface area (Å²) >= 11 is 0. The van der Waals surface area contributed by atoms with Crippen molar-refractivity contribution in [3.63, 3.8) is 0 Å². The zero-order valence-electron chi connectivity index (χ0n) is 19.5. The van der Waals surface area contributed by atoms with Gasteiger partial charge in [-0.15, -0.1) is 0 Å². The van der Waals surface area contributed by atoms with Gasteiger partial charge in [0.2, 0.25) is 0 Å². The van der Waals surface area contributed by atoms with Gasteiger partial charge in [0.15, 0.2) is 11.5 Å². The fraction of sp³-hybridized carbons (Fsp3) is 0.0714. The summed E-state index contributed by atoms with van der Waals surface area (Å²) in [6.45, 7) is 0. The van der Waals surface area contributed by atoms with Crippen LogP contribution in [0.15, 0.2) is 85.1 Å². The number of halogens is 1. The summed E-state index contributed by atoms with van der Waals surface area (Å²) in [4.78, 5) is 16.8. The van der Waals surface area contributed by atoms with E-state index in [4.69, 9.17) is 14.2 Å². The second kappa shape index (κ2) is 9.79. The molecule has 7 nitrogen and oxygen atoms in total. The number of anilines is 2. The first kappa shape index (κ1) is 22.9. The van der Waals surface area contributed by atoms with E-state index in [2.05, 4.69) is 15.6 Å². The second-order valence-corrected chi connectivity index (χ2v) is 7.95. The van der Waals surface area contributed by atoms with E-state index < -0.39 is 11.8 Å². The number of pyridine rings is 1. The van der Waals surface area contributed by atoms with Crippen molar-refractivity contribution >= 4 is 39.1 Å². The van der Waals surface area contributed by atoms with Gasteiger partial charge in [-0.25, -0.2) is 9.18 Å². The molecule has 2 N–H and O–H groups in total. The van der Waals surface area contributed by atoms with Crippen molar-refractivity contribution in [1.82, 2.24) is 4.98 Å². The Balaban J connectivity index is 1.39. The highest BCUT2D eigenvalue weighted by Gasteiger charge is 2.12. The van der Waals surface area contributed by atoms with Gasteiger partial charge in [0.05, 0.1) is 19.7 Å². The number of urea groups is 1. The third kappa shape index (κ3) is 4.83. The molecule has 0 spiro atoms. The van der Waals surface area contributed by atoms with Crippen LogP contribution in [-0.4, -0.2) is 25.2 Å². The molecule has 1 aromatic heterocycles. The van der Waals surface area contributed by atoms with Gasteiger partial charge >= 0.3 is 6.03 Å². The molecule has 0 aliphatic rings. The van der Waals surface area contributed by atoms with Crippen molar-refractivity contribution in [2.24, 2.45) is 0 Å². The molecule has 0 aliphatic heterocycles. The number of amides is 2. The first-order valence-electron chi connectivity index (χ1n) is 11.1. The number of aromatic nitrogens is 1. The minimum atomic E-state index is -0.472. The van der Waals surface area contributed by atoms with Crippen molar-refractivity contribution in [3.05, 3.63) is 90.9 Å². The monoisotopic (exact) mass is 483 g/mol. The van der Waals surface area contributed by atoms with Crippen LogP contribution in [0.25, 0.3) is 21.7 Å². The van der Waals surface area contributed by atoms with Crippen molar-refractivity contribution in [2.75, 3.05) is 24.9 Å². The normalized spacial score (nSPS) is 10.8. The summed E-state index contributed by atoms with van der Waals surface area (Å²) in [5.41, 5.74) is 1.66. The molecule has 5 aromatic rings. The number of benzene rings is 4. The Morgan fingerprint density at radius 1 is 0.778 bits per heavy atom. The third-order valence-electron chi connectivity index (χ3n) is 5.59. The number of carbonyl (C=O) groups excluding carboxylic acids is 1. The van der Waals surface area contributed by atoms with E-state index in [-0.39, 0.29) is 0 Å². The summed E-state index contributed by atoms with van der Waals surface area (Å²) in [6, 6.07) is 21.9. The summed E-state index contributed by atoms with van der Waals surface area (Å²) < 4.78 is 30.4. The van der Waals surface area contributed by atoms with Gasteiger partial charge in [0, 0.05) is 29.0 Å². The summed E-state index contributed by atoms with van der Waals surface area (Å²) in [5, 5.41) is 8.01. The van der Waals surface area contributed by atoms with Crippen LogP contribution in [0.2, 0.25) is 0 Å². The maximum atomic E-state index is 13.4.